The summed E-state index contributed by atoms with van der Waals surface area (Å²) in [4.78, 5) is 19.7. The van der Waals surface area contributed by atoms with Gasteiger partial charge in [-0.05, 0) is 0 Å². The van der Waals surface area contributed by atoms with Gasteiger partial charge in [-0.2, -0.15) is 6.92 Å². The summed E-state index contributed by atoms with van der Waals surface area (Å²) < 4.78 is 37.4. The first kappa shape index (κ1) is 19.9. The molecule has 0 saturated heterocycles. The fourth-order valence-electron chi connectivity index (χ4n) is 0.305. The molecule has 7 nitrogen and oxygen atoms in total. The number of hydrogen-bond acceptors (Lipinski definition) is 7. The molecule has 87 valence electrons. The molecule has 0 N–H and O–H groups in total. The maximum atomic E-state index is 10.3. The minimum absolute atomic E-state index is 0. The van der Waals surface area contributed by atoms with E-state index in [9.17, 15) is 22.6 Å². The summed E-state index contributed by atoms with van der Waals surface area (Å²) in [6.07, 6.45) is 0. The second-order valence-corrected chi connectivity index (χ2v) is 2.97. The van der Waals surface area contributed by atoms with Crippen molar-refractivity contribution >= 4 is 22.6 Å². The van der Waals surface area contributed by atoms with Crippen molar-refractivity contribution in [2.24, 2.45) is 0 Å². The van der Waals surface area contributed by atoms with Crippen LogP contribution in [0.5, 0.6) is 0 Å². The van der Waals surface area contributed by atoms with Crippen molar-refractivity contribution in [3.05, 3.63) is 6.92 Å². The van der Waals surface area contributed by atoms with E-state index < -0.39 is 28.6 Å². The summed E-state index contributed by atoms with van der Waals surface area (Å²) in [5, 5.41) is 0. The number of carbonyl (C=O) groups is 1. The molecule has 0 spiro atoms. The van der Waals surface area contributed by atoms with Crippen LogP contribution < -0.4 is 0 Å². The Morgan fingerprint density at radius 2 is 1.93 bits per heavy atom. The van der Waals surface area contributed by atoms with Crippen molar-refractivity contribution in [3.63, 3.8) is 0 Å². The monoisotopic (exact) mass is 276 g/mol. The zero-order chi connectivity index (χ0) is 11.6. The molecule has 9 heteroatoms. The van der Waals surface area contributed by atoms with Crippen LogP contribution in [-0.4, -0.2) is 38.0 Å². The van der Waals surface area contributed by atoms with Gasteiger partial charge in [-0.15, -0.1) is 0 Å². The summed E-state index contributed by atoms with van der Waals surface area (Å²) in [5.74, 6) is -2.56. The van der Waals surface area contributed by atoms with Crippen LogP contribution in [0, 0.1) is 6.92 Å². The van der Waals surface area contributed by atoms with Crippen molar-refractivity contribution in [2.75, 3.05) is 12.5 Å². The SMILES string of the molecule is O=[C-]OCOC(=O)CS(=O)(=O)[O-].[CH2-]C.[V+2]. The minimum Gasteiger partial charge on any atom is -0.748 e. The van der Waals surface area contributed by atoms with Gasteiger partial charge in [-0.25, -0.2) is 8.42 Å². The Morgan fingerprint density at radius 1 is 1.47 bits per heavy atom. The van der Waals surface area contributed by atoms with Gasteiger partial charge in [0.15, 0.2) is 0 Å². The Morgan fingerprint density at radius 3 is 2.27 bits per heavy atom. The van der Waals surface area contributed by atoms with Gasteiger partial charge in [0.25, 0.3) is 0 Å². The van der Waals surface area contributed by atoms with Crippen molar-refractivity contribution in [1.29, 1.82) is 0 Å². The van der Waals surface area contributed by atoms with Crippen LogP contribution >= 0.6 is 0 Å². The first-order valence-corrected chi connectivity index (χ1v) is 4.82. The molecule has 0 amide bonds. The summed E-state index contributed by atoms with van der Waals surface area (Å²) in [7, 11) is -4.64. The van der Waals surface area contributed by atoms with Gasteiger partial charge in [0, 0.05) is 0 Å². The first-order chi connectivity index (χ1) is 6.45. The molecule has 0 aliphatic rings. The van der Waals surface area contributed by atoms with Crippen LogP contribution in [0.25, 0.3) is 0 Å². The summed E-state index contributed by atoms with van der Waals surface area (Å²) in [6, 6.07) is 0. The van der Waals surface area contributed by atoms with Crippen molar-refractivity contribution in [3.8, 4) is 0 Å². The van der Waals surface area contributed by atoms with Crippen LogP contribution in [0.3, 0.4) is 0 Å². The second-order valence-electron chi connectivity index (χ2n) is 1.56. The molecule has 0 atom stereocenters. The Bertz CT molecular complexity index is 261. The Hall–Kier alpha value is -0.566. The van der Waals surface area contributed by atoms with Crippen LogP contribution in [0.4, 0.5) is 0 Å². The first-order valence-electron chi connectivity index (χ1n) is 3.24. The predicted molar refractivity (Wildman–Crippen MR) is 43.3 cm³/mol. The van der Waals surface area contributed by atoms with E-state index in [4.69, 9.17) is 0 Å². The fourth-order valence-corrected chi connectivity index (χ4v) is 0.677. The number of rotatable bonds is 5. The Labute approximate surface area is 99.8 Å². The van der Waals surface area contributed by atoms with E-state index in [1.165, 1.54) is 0 Å². The third kappa shape index (κ3) is 19.7. The largest absolute Gasteiger partial charge is 2.00 e. The molecular weight excluding hydrogens is 267 g/mol. The molecule has 0 rings (SSSR count). The fraction of sp³-hybridized carbons (Fsp3) is 0.500. The molecule has 0 aliphatic heterocycles. The molecule has 0 bridgehead atoms. The van der Waals surface area contributed by atoms with Crippen molar-refractivity contribution in [1.82, 2.24) is 0 Å². The maximum absolute atomic E-state index is 10.3. The number of esters is 1. The molecule has 0 heterocycles. The van der Waals surface area contributed by atoms with Crippen LogP contribution in [0.15, 0.2) is 0 Å². The third-order valence-electron chi connectivity index (χ3n) is 0.632. The molecule has 0 saturated carbocycles. The zero-order valence-corrected chi connectivity index (χ0v) is 10.0. The van der Waals surface area contributed by atoms with Gasteiger partial charge in [0.1, 0.15) is 15.9 Å². The topological polar surface area (TPSA) is 110 Å². The molecule has 0 aromatic rings. The predicted octanol–water partition coefficient (Wildman–Crippen LogP) is -1.05. The molecule has 0 aromatic carbocycles. The van der Waals surface area contributed by atoms with Crippen LogP contribution in [0.1, 0.15) is 6.92 Å². The van der Waals surface area contributed by atoms with Gasteiger partial charge >= 0.3 is 24.5 Å². The molecule has 15 heavy (non-hydrogen) atoms. The molecule has 0 unspecified atom stereocenters. The molecule has 1 radical (unpaired) electrons. The van der Waals surface area contributed by atoms with Gasteiger partial charge in [-0.1, -0.05) is 6.47 Å². The number of carbonyl (C=O) groups excluding carboxylic acids is 2. The summed E-state index contributed by atoms with van der Waals surface area (Å²) >= 11 is 0. The van der Waals surface area contributed by atoms with E-state index in [1.807, 2.05) is 0 Å². The third-order valence-corrected chi connectivity index (χ3v) is 1.22. The zero-order valence-electron chi connectivity index (χ0n) is 7.83. The smallest absolute Gasteiger partial charge is 0.748 e. The van der Waals surface area contributed by atoms with E-state index in [-0.39, 0.29) is 18.6 Å². The van der Waals surface area contributed by atoms with Gasteiger partial charge in [-0.3, -0.25) is 4.79 Å². The van der Waals surface area contributed by atoms with Crippen molar-refractivity contribution in [2.45, 2.75) is 6.92 Å². The van der Waals surface area contributed by atoms with Crippen molar-refractivity contribution < 1.29 is 50.6 Å². The molecule has 0 fully saturated rings. The number of hydrogen-bond donors (Lipinski definition) is 0. The Balaban J connectivity index is -0.000000449. The minimum atomic E-state index is -4.64. The second kappa shape index (κ2) is 11.5. The molecular formula is C6H9O7SV-. The average Bonchev–Trinajstić information content (AvgIpc) is 2.05. The molecule has 0 aliphatic carbocycles. The number of ether oxygens (including phenoxy) is 2. The van der Waals surface area contributed by atoms with E-state index in [0.29, 0.717) is 0 Å². The van der Waals surface area contributed by atoms with Gasteiger partial charge < -0.3 is 25.7 Å². The van der Waals surface area contributed by atoms with E-state index >= 15 is 0 Å². The maximum Gasteiger partial charge on any atom is 2.00 e. The summed E-state index contributed by atoms with van der Waals surface area (Å²) in [5.41, 5.74) is 0. The van der Waals surface area contributed by atoms with E-state index in [1.54, 1.807) is 6.92 Å². The van der Waals surface area contributed by atoms with E-state index in [2.05, 4.69) is 16.4 Å². The van der Waals surface area contributed by atoms with Gasteiger partial charge in [0.2, 0.25) is 6.79 Å². The van der Waals surface area contributed by atoms with Crippen LogP contribution in [0.2, 0.25) is 0 Å². The summed E-state index contributed by atoms with van der Waals surface area (Å²) in [6.45, 7) is 5.18. The molecule has 0 aromatic heterocycles. The Kier molecular flexibility index (Phi) is 15.3. The van der Waals surface area contributed by atoms with Gasteiger partial charge in [0.05, 0.1) is 0 Å². The normalized spacial score (nSPS) is 8.73. The van der Waals surface area contributed by atoms with Crippen LogP contribution in [-0.2, 0) is 47.7 Å². The average molecular weight is 276 g/mol. The standard InChI is InChI=1S/C4H5O7S.C2H5.V/c5-2-10-3-11-4(6)1-12(7,8)9;1-2;/h1,3H2,(H,7,8,9);1H2,2H3;/q2*-1;+2/p-1. The van der Waals surface area contributed by atoms with E-state index in [0.717, 1.165) is 6.47 Å². The quantitative estimate of drug-likeness (QED) is 0.207.